The monoisotopic (exact) mass is 300 g/mol. The summed E-state index contributed by atoms with van der Waals surface area (Å²) >= 11 is 7.90. The topological polar surface area (TPSA) is 18.5 Å². The molecule has 2 nitrogen and oxygen atoms in total. The fourth-order valence-corrected chi connectivity index (χ4v) is 3.06. The van der Waals surface area contributed by atoms with Gasteiger partial charge in [0.2, 0.25) is 0 Å². The van der Waals surface area contributed by atoms with E-state index in [1.54, 1.807) is 17.4 Å². The van der Waals surface area contributed by atoms with E-state index in [-0.39, 0.29) is 0 Å². The SMILES string of the molecule is COc1cc(F)c(C(Cl)c2ccc(C)s2)cc1OC. The Morgan fingerprint density at radius 1 is 1.16 bits per heavy atom. The zero-order valence-electron chi connectivity index (χ0n) is 10.9. The van der Waals surface area contributed by atoms with Gasteiger partial charge in [0.25, 0.3) is 0 Å². The first kappa shape index (κ1) is 14.2. The lowest BCUT2D eigenvalue weighted by molar-refractivity contribution is 0.351. The van der Waals surface area contributed by atoms with E-state index in [2.05, 4.69) is 0 Å². The number of hydrogen-bond donors (Lipinski definition) is 0. The minimum absolute atomic E-state index is 0.356. The minimum atomic E-state index is -0.529. The number of ether oxygens (including phenoxy) is 2. The van der Waals surface area contributed by atoms with Gasteiger partial charge < -0.3 is 9.47 Å². The number of aryl methyl sites for hydroxylation is 1. The number of alkyl halides is 1. The lowest BCUT2D eigenvalue weighted by Crippen LogP contribution is -1.99. The minimum Gasteiger partial charge on any atom is -0.493 e. The van der Waals surface area contributed by atoms with Gasteiger partial charge in [-0.25, -0.2) is 4.39 Å². The van der Waals surface area contributed by atoms with Gasteiger partial charge in [-0.15, -0.1) is 22.9 Å². The van der Waals surface area contributed by atoms with Crippen molar-refractivity contribution in [3.63, 3.8) is 0 Å². The molecule has 0 aliphatic carbocycles. The average molecular weight is 301 g/mol. The van der Waals surface area contributed by atoms with E-state index in [4.69, 9.17) is 21.1 Å². The largest absolute Gasteiger partial charge is 0.493 e. The van der Waals surface area contributed by atoms with Gasteiger partial charge >= 0.3 is 0 Å². The number of methoxy groups -OCH3 is 2. The molecule has 0 aliphatic rings. The molecule has 0 aliphatic heterocycles. The van der Waals surface area contributed by atoms with Gasteiger partial charge in [-0.2, -0.15) is 0 Å². The van der Waals surface area contributed by atoms with Crippen LogP contribution >= 0.6 is 22.9 Å². The van der Waals surface area contributed by atoms with E-state index in [1.165, 1.54) is 20.3 Å². The first-order valence-electron chi connectivity index (χ1n) is 5.68. The van der Waals surface area contributed by atoms with Gasteiger partial charge in [0.15, 0.2) is 11.5 Å². The van der Waals surface area contributed by atoms with Crippen molar-refractivity contribution in [3.05, 3.63) is 45.4 Å². The van der Waals surface area contributed by atoms with Crippen molar-refractivity contribution in [2.24, 2.45) is 0 Å². The fourth-order valence-electron chi connectivity index (χ4n) is 1.81. The molecule has 102 valence electrons. The number of thiophene rings is 1. The zero-order chi connectivity index (χ0) is 14.0. The summed E-state index contributed by atoms with van der Waals surface area (Å²) in [5.74, 6) is 0.427. The molecule has 1 heterocycles. The van der Waals surface area contributed by atoms with Gasteiger partial charge in [0.05, 0.1) is 19.6 Å². The summed E-state index contributed by atoms with van der Waals surface area (Å²) in [5, 5.41) is -0.529. The summed E-state index contributed by atoms with van der Waals surface area (Å²) in [6, 6.07) is 6.76. The second-order valence-corrected chi connectivity index (χ2v) is 5.80. The number of halogens is 2. The summed E-state index contributed by atoms with van der Waals surface area (Å²) < 4.78 is 24.3. The third kappa shape index (κ3) is 2.85. The Kier molecular flexibility index (Phi) is 4.32. The molecule has 0 saturated heterocycles. The molecule has 1 aromatic heterocycles. The Labute approximate surface area is 120 Å². The maximum absolute atomic E-state index is 14.1. The van der Waals surface area contributed by atoms with Crippen LogP contribution in [0.1, 0.15) is 20.7 Å². The van der Waals surface area contributed by atoms with Crippen LogP contribution in [0.4, 0.5) is 4.39 Å². The average Bonchev–Trinajstić information content (AvgIpc) is 2.84. The van der Waals surface area contributed by atoms with Crippen LogP contribution in [0.2, 0.25) is 0 Å². The van der Waals surface area contributed by atoms with Crippen molar-refractivity contribution in [3.8, 4) is 11.5 Å². The summed E-state index contributed by atoms with van der Waals surface area (Å²) in [4.78, 5) is 2.05. The van der Waals surface area contributed by atoms with Crippen LogP contribution in [0.15, 0.2) is 24.3 Å². The van der Waals surface area contributed by atoms with Crippen molar-refractivity contribution in [2.75, 3.05) is 14.2 Å². The molecule has 19 heavy (non-hydrogen) atoms. The van der Waals surface area contributed by atoms with E-state index in [0.717, 1.165) is 9.75 Å². The molecule has 0 saturated carbocycles. The lowest BCUT2D eigenvalue weighted by atomic mass is 10.1. The zero-order valence-corrected chi connectivity index (χ0v) is 12.4. The Bertz CT molecular complexity index is 583. The highest BCUT2D eigenvalue weighted by Gasteiger charge is 2.20. The number of rotatable bonds is 4. The summed E-state index contributed by atoms with van der Waals surface area (Å²) in [6.45, 7) is 1.99. The molecule has 0 fully saturated rings. The molecular weight excluding hydrogens is 287 g/mol. The number of benzene rings is 1. The van der Waals surface area contributed by atoms with Crippen LogP contribution in [-0.2, 0) is 0 Å². The molecular formula is C14H14ClFO2S. The Hall–Kier alpha value is -1.26. The highest BCUT2D eigenvalue weighted by Crippen LogP contribution is 2.39. The highest BCUT2D eigenvalue weighted by molar-refractivity contribution is 7.12. The van der Waals surface area contributed by atoms with Crippen LogP contribution in [0.3, 0.4) is 0 Å². The molecule has 5 heteroatoms. The number of hydrogen-bond acceptors (Lipinski definition) is 3. The normalized spacial score (nSPS) is 12.3. The molecule has 1 unspecified atom stereocenters. The first-order chi connectivity index (χ1) is 9.06. The van der Waals surface area contributed by atoms with Crippen LogP contribution in [-0.4, -0.2) is 14.2 Å². The van der Waals surface area contributed by atoms with Gasteiger partial charge in [0, 0.05) is 21.4 Å². The van der Waals surface area contributed by atoms with Crippen LogP contribution in [0.5, 0.6) is 11.5 Å². The third-order valence-electron chi connectivity index (χ3n) is 2.79. The van der Waals surface area contributed by atoms with Gasteiger partial charge in [-0.05, 0) is 25.1 Å². The van der Waals surface area contributed by atoms with E-state index in [0.29, 0.717) is 17.1 Å². The smallest absolute Gasteiger partial charge is 0.163 e. The molecule has 1 aromatic carbocycles. The Morgan fingerprint density at radius 3 is 2.32 bits per heavy atom. The maximum atomic E-state index is 14.1. The molecule has 0 bridgehead atoms. The standard InChI is InChI=1S/C14H14ClFO2S/c1-8-4-5-13(19-8)14(15)9-6-11(17-2)12(18-3)7-10(9)16/h4-7,14H,1-3H3. The molecule has 0 spiro atoms. The molecule has 0 radical (unpaired) electrons. The predicted octanol–water partition coefficient (Wildman–Crippen LogP) is 4.54. The third-order valence-corrected chi connectivity index (χ3v) is 4.45. The lowest BCUT2D eigenvalue weighted by Gasteiger charge is -2.13. The van der Waals surface area contributed by atoms with E-state index >= 15 is 0 Å². The summed E-state index contributed by atoms with van der Waals surface area (Å²) in [6.07, 6.45) is 0. The summed E-state index contributed by atoms with van der Waals surface area (Å²) in [5.41, 5.74) is 0.390. The Balaban J connectivity index is 2.44. The van der Waals surface area contributed by atoms with Crippen LogP contribution in [0.25, 0.3) is 0 Å². The molecule has 2 aromatic rings. The first-order valence-corrected chi connectivity index (χ1v) is 6.94. The summed E-state index contributed by atoms with van der Waals surface area (Å²) in [7, 11) is 2.98. The van der Waals surface area contributed by atoms with Crippen LogP contribution < -0.4 is 9.47 Å². The van der Waals surface area contributed by atoms with Crippen molar-refractivity contribution in [2.45, 2.75) is 12.3 Å². The predicted molar refractivity (Wildman–Crippen MR) is 76.3 cm³/mol. The van der Waals surface area contributed by atoms with Crippen molar-refractivity contribution < 1.29 is 13.9 Å². The second-order valence-electron chi connectivity index (χ2n) is 4.04. The molecule has 2 rings (SSSR count). The van der Waals surface area contributed by atoms with E-state index in [9.17, 15) is 4.39 Å². The fraction of sp³-hybridized carbons (Fsp3) is 0.286. The van der Waals surface area contributed by atoms with Crippen molar-refractivity contribution in [1.29, 1.82) is 0 Å². The van der Waals surface area contributed by atoms with Crippen molar-refractivity contribution in [1.82, 2.24) is 0 Å². The second kappa shape index (κ2) is 5.80. The molecule has 0 N–H and O–H groups in total. The maximum Gasteiger partial charge on any atom is 0.163 e. The quantitative estimate of drug-likeness (QED) is 0.772. The highest BCUT2D eigenvalue weighted by atomic mass is 35.5. The van der Waals surface area contributed by atoms with Gasteiger partial charge in [-0.3, -0.25) is 0 Å². The van der Waals surface area contributed by atoms with Crippen molar-refractivity contribution >= 4 is 22.9 Å². The molecule has 1 atom stereocenters. The van der Waals surface area contributed by atoms with Gasteiger partial charge in [0.1, 0.15) is 5.82 Å². The molecule has 0 amide bonds. The van der Waals surface area contributed by atoms with Gasteiger partial charge in [-0.1, -0.05) is 0 Å². The van der Waals surface area contributed by atoms with E-state index < -0.39 is 11.2 Å². The van der Waals surface area contributed by atoms with Crippen LogP contribution in [0, 0.1) is 12.7 Å². The Morgan fingerprint density at radius 2 is 1.79 bits per heavy atom. The van der Waals surface area contributed by atoms with E-state index in [1.807, 2.05) is 19.1 Å².